The van der Waals surface area contributed by atoms with Crippen molar-refractivity contribution in [2.24, 2.45) is 0 Å². The first kappa shape index (κ1) is 26.2. The van der Waals surface area contributed by atoms with E-state index in [0.29, 0.717) is 37.2 Å². The van der Waals surface area contributed by atoms with Crippen LogP contribution in [0.15, 0.2) is 36.4 Å². The summed E-state index contributed by atoms with van der Waals surface area (Å²) in [6, 6.07) is 11.4. The number of fused-ring (bicyclic) bond motifs is 1. The zero-order valence-corrected chi connectivity index (χ0v) is 19.3. The molecule has 6 heteroatoms. The van der Waals surface area contributed by atoms with Gasteiger partial charge in [0, 0.05) is 19.1 Å². The number of unbranched alkanes of at least 4 members (excludes halogenated alkanes) is 2. The number of hydrogen-bond acceptors (Lipinski definition) is 4. The lowest BCUT2D eigenvalue weighted by Crippen LogP contribution is -2.07. The third-order valence-corrected chi connectivity index (χ3v) is 5.52. The molecule has 2 aromatic rings. The second kappa shape index (κ2) is 14.2. The van der Waals surface area contributed by atoms with E-state index in [2.05, 4.69) is 13.8 Å². The molecule has 0 amide bonds. The molecule has 1 N–H and O–H groups in total. The highest BCUT2D eigenvalue weighted by atomic mass is 35.5. The van der Waals surface area contributed by atoms with Crippen molar-refractivity contribution in [3.05, 3.63) is 63.1 Å². The molecule has 0 aromatic heterocycles. The van der Waals surface area contributed by atoms with Crippen molar-refractivity contribution in [2.75, 3.05) is 13.7 Å². The van der Waals surface area contributed by atoms with E-state index in [4.69, 9.17) is 33.0 Å². The van der Waals surface area contributed by atoms with Crippen LogP contribution in [-0.2, 0) is 11.2 Å². The van der Waals surface area contributed by atoms with E-state index in [1.807, 2.05) is 30.3 Å². The average Bonchev–Trinajstić information content (AvgIpc) is 3.12. The van der Waals surface area contributed by atoms with Gasteiger partial charge < -0.3 is 14.6 Å². The Balaban J connectivity index is 0.000000673. The summed E-state index contributed by atoms with van der Waals surface area (Å²) in [6.07, 6.45) is 5.12. The van der Waals surface area contributed by atoms with Crippen molar-refractivity contribution in [1.29, 1.82) is 0 Å². The number of ether oxygens (including phenoxy) is 1. The van der Waals surface area contributed by atoms with Crippen LogP contribution in [0.4, 0.5) is 0 Å². The summed E-state index contributed by atoms with van der Waals surface area (Å²) in [4.78, 5) is 23.1. The summed E-state index contributed by atoms with van der Waals surface area (Å²) in [6.45, 7) is 4.74. The van der Waals surface area contributed by atoms with Gasteiger partial charge >= 0.3 is 0 Å². The Morgan fingerprint density at radius 1 is 1.10 bits per heavy atom. The summed E-state index contributed by atoms with van der Waals surface area (Å²) in [5, 5.41) is 7.51. The topological polar surface area (TPSA) is 63.6 Å². The van der Waals surface area contributed by atoms with Gasteiger partial charge in [-0.3, -0.25) is 4.79 Å². The standard InChI is InChI=1S/C19H16Cl2O3.C4H10.CH4O/c20-17-15(24-9-5-4-8-22)11-13-10-14(12-6-2-1-3-7-12)19(23)16(13)18(17)21;1-3-4-2;1-2/h1-3,6-8,11,14H,4-5,9-10H2;3-4H2,1-2H3;2H,1H3. The maximum absolute atomic E-state index is 12.8. The minimum Gasteiger partial charge on any atom is -0.492 e. The molecule has 0 bridgehead atoms. The van der Waals surface area contributed by atoms with E-state index in [0.717, 1.165) is 24.5 Å². The Morgan fingerprint density at radius 2 is 1.73 bits per heavy atom. The minimum atomic E-state index is -0.236. The van der Waals surface area contributed by atoms with Crippen molar-refractivity contribution in [2.45, 2.75) is 51.9 Å². The van der Waals surface area contributed by atoms with E-state index in [-0.39, 0.29) is 21.7 Å². The maximum atomic E-state index is 12.8. The lowest BCUT2D eigenvalue weighted by Gasteiger charge is -2.11. The number of rotatable bonds is 7. The van der Waals surface area contributed by atoms with Crippen LogP contribution in [0.1, 0.15) is 66.9 Å². The Kier molecular flexibility index (Phi) is 12.4. The van der Waals surface area contributed by atoms with Gasteiger partial charge in [0.2, 0.25) is 0 Å². The fraction of sp³-hybridized carbons (Fsp3) is 0.417. The number of aliphatic hydroxyl groups excluding tert-OH is 1. The van der Waals surface area contributed by atoms with Crippen LogP contribution in [-0.4, -0.2) is 30.9 Å². The van der Waals surface area contributed by atoms with Crippen LogP contribution in [0.25, 0.3) is 0 Å². The predicted octanol–water partition coefficient (Wildman–Crippen LogP) is 6.29. The number of ketones is 1. The third kappa shape index (κ3) is 6.83. The Labute approximate surface area is 189 Å². The molecule has 4 nitrogen and oxygen atoms in total. The molecule has 0 heterocycles. The highest BCUT2D eigenvalue weighted by molar-refractivity contribution is 6.45. The third-order valence-electron chi connectivity index (χ3n) is 4.67. The number of benzene rings is 2. The quantitative estimate of drug-likeness (QED) is 0.395. The molecule has 1 unspecified atom stereocenters. The van der Waals surface area contributed by atoms with Gasteiger partial charge in [-0.05, 0) is 30.0 Å². The summed E-state index contributed by atoms with van der Waals surface area (Å²) in [5.74, 6) is 0.225. The molecule has 0 radical (unpaired) electrons. The number of carbonyl (C=O) groups is 2. The number of halogens is 2. The molecular formula is C24H30Cl2O4. The van der Waals surface area contributed by atoms with Crippen molar-refractivity contribution in [1.82, 2.24) is 0 Å². The summed E-state index contributed by atoms with van der Waals surface area (Å²) in [7, 11) is 1.00. The van der Waals surface area contributed by atoms with Crippen molar-refractivity contribution in [3.63, 3.8) is 0 Å². The van der Waals surface area contributed by atoms with Gasteiger partial charge in [0.15, 0.2) is 5.78 Å². The van der Waals surface area contributed by atoms with Gasteiger partial charge in [-0.15, -0.1) is 0 Å². The SMILES string of the molecule is CCCC.CO.O=CCCCOc1cc2c(c(Cl)c1Cl)C(=O)C(c1ccccc1)C2. The lowest BCUT2D eigenvalue weighted by molar-refractivity contribution is -0.108. The first-order chi connectivity index (χ1) is 14.5. The molecule has 0 saturated carbocycles. The molecule has 1 aliphatic rings. The van der Waals surface area contributed by atoms with E-state index in [9.17, 15) is 9.59 Å². The average molecular weight is 453 g/mol. The molecule has 0 aliphatic heterocycles. The number of hydrogen-bond donors (Lipinski definition) is 1. The number of carbonyl (C=O) groups excluding carboxylic acids is 2. The van der Waals surface area contributed by atoms with Gasteiger partial charge in [-0.2, -0.15) is 0 Å². The largest absolute Gasteiger partial charge is 0.492 e. The monoisotopic (exact) mass is 452 g/mol. The van der Waals surface area contributed by atoms with Crippen LogP contribution in [0.5, 0.6) is 5.75 Å². The smallest absolute Gasteiger partial charge is 0.172 e. The van der Waals surface area contributed by atoms with Gasteiger partial charge in [-0.25, -0.2) is 0 Å². The van der Waals surface area contributed by atoms with Crippen molar-refractivity contribution in [3.8, 4) is 5.75 Å². The predicted molar refractivity (Wildman–Crippen MR) is 123 cm³/mol. The summed E-state index contributed by atoms with van der Waals surface area (Å²) >= 11 is 12.6. The van der Waals surface area contributed by atoms with E-state index >= 15 is 0 Å². The summed E-state index contributed by atoms with van der Waals surface area (Å²) in [5.41, 5.74) is 2.32. The molecule has 0 spiro atoms. The second-order valence-electron chi connectivity index (χ2n) is 6.73. The van der Waals surface area contributed by atoms with Gasteiger partial charge in [0.1, 0.15) is 17.1 Å². The van der Waals surface area contributed by atoms with E-state index in [1.54, 1.807) is 6.07 Å². The normalized spacial score (nSPS) is 14.1. The van der Waals surface area contributed by atoms with Crippen LogP contribution >= 0.6 is 23.2 Å². The minimum absolute atomic E-state index is 0.00407. The fourth-order valence-corrected chi connectivity index (χ4v) is 3.49. The lowest BCUT2D eigenvalue weighted by atomic mass is 9.95. The van der Waals surface area contributed by atoms with Gasteiger partial charge in [-0.1, -0.05) is 80.2 Å². The number of aldehydes is 1. The number of aliphatic hydroxyl groups is 1. The van der Waals surface area contributed by atoms with Crippen LogP contribution in [0.2, 0.25) is 10.0 Å². The maximum Gasteiger partial charge on any atom is 0.172 e. The first-order valence-corrected chi connectivity index (χ1v) is 10.9. The van der Waals surface area contributed by atoms with E-state index in [1.165, 1.54) is 12.8 Å². The second-order valence-corrected chi connectivity index (χ2v) is 7.48. The van der Waals surface area contributed by atoms with Crippen molar-refractivity contribution < 1.29 is 19.4 Å². The molecule has 2 aromatic carbocycles. The number of Topliss-reactive ketones (excluding diaryl/α,β-unsaturated/α-hetero) is 1. The van der Waals surface area contributed by atoms with Crippen LogP contribution < -0.4 is 4.74 Å². The Bertz CT molecular complexity index is 805. The molecule has 3 rings (SSSR count). The van der Waals surface area contributed by atoms with E-state index < -0.39 is 0 Å². The molecule has 0 saturated heterocycles. The Hall–Kier alpha value is -1.88. The van der Waals surface area contributed by atoms with Crippen LogP contribution in [0.3, 0.4) is 0 Å². The molecular weight excluding hydrogens is 423 g/mol. The van der Waals surface area contributed by atoms with Gasteiger partial charge in [0.25, 0.3) is 0 Å². The molecule has 30 heavy (non-hydrogen) atoms. The fourth-order valence-electron chi connectivity index (χ4n) is 2.98. The molecule has 1 atom stereocenters. The zero-order valence-electron chi connectivity index (χ0n) is 17.8. The molecule has 0 fully saturated rings. The molecule has 164 valence electrons. The highest BCUT2D eigenvalue weighted by Gasteiger charge is 2.35. The molecule has 1 aliphatic carbocycles. The zero-order chi connectivity index (χ0) is 22.5. The van der Waals surface area contributed by atoms with Crippen LogP contribution in [0, 0.1) is 0 Å². The van der Waals surface area contributed by atoms with Gasteiger partial charge in [0.05, 0.1) is 17.5 Å². The summed E-state index contributed by atoms with van der Waals surface area (Å²) < 4.78 is 5.63. The Morgan fingerprint density at radius 3 is 2.30 bits per heavy atom. The first-order valence-electron chi connectivity index (χ1n) is 10.2. The highest BCUT2D eigenvalue weighted by Crippen LogP contribution is 2.44. The van der Waals surface area contributed by atoms with Crippen molar-refractivity contribution >= 4 is 35.3 Å².